The molecular formula is C17H21FN2O3. The Bertz CT molecular complexity index is 643. The SMILES string of the molecule is C=Cc1c(OCC(O)CC)ccc(C2=NNC(=O)CC2C)c1F. The van der Waals surface area contributed by atoms with Crippen LogP contribution in [0.2, 0.25) is 0 Å². The fraction of sp³-hybridized carbons (Fsp3) is 0.412. The zero-order valence-corrected chi connectivity index (χ0v) is 13.3. The van der Waals surface area contributed by atoms with Crippen molar-refractivity contribution in [2.75, 3.05) is 6.61 Å². The number of hydrogen-bond acceptors (Lipinski definition) is 4. The number of halogens is 1. The molecule has 2 unspecified atom stereocenters. The Morgan fingerprint density at radius 2 is 2.35 bits per heavy atom. The van der Waals surface area contributed by atoms with E-state index in [-0.39, 0.29) is 30.4 Å². The van der Waals surface area contributed by atoms with Crippen molar-refractivity contribution in [1.82, 2.24) is 5.43 Å². The van der Waals surface area contributed by atoms with Crippen LogP contribution in [0.4, 0.5) is 4.39 Å². The minimum Gasteiger partial charge on any atom is -0.490 e. The number of rotatable bonds is 6. The van der Waals surface area contributed by atoms with E-state index in [0.717, 1.165) is 0 Å². The van der Waals surface area contributed by atoms with Gasteiger partial charge in [0.2, 0.25) is 5.91 Å². The first-order valence-corrected chi connectivity index (χ1v) is 7.60. The molecule has 0 saturated carbocycles. The minimum atomic E-state index is -0.603. The van der Waals surface area contributed by atoms with Crippen LogP contribution in [-0.2, 0) is 4.79 Å². The number of hydrogen-bond donors (Lipinski definition) is 2. The van der Waals surface area contributed by atoms with Crippen molar-refractivity contribution in [3.05, 3.63) is 35.7 Å². The average Bonchev–Trinajstić information content (AvgIpc) is 2.53. The summed E-state index contributed by atoms with van der Waals surface area (Å²) in [6, 6.07) is 3.20. The molecule has 6 heteroatoms. The fourth-order valence-corrected chi connectivity index (χ4v) is 2.37. The van der Waals surface area contributed by atoms with Crippen molar-refractivity contribution in [3.63, 3.8) is 0 Å². The van der Waals surface area contributed by atoms with Gasteiger partial charge in [0.05, 0.1) is 17.4 Å². The number of nitrogens with one attached hydrogen (secondary N) is 1. The fourth-order valence-electron chi connectivity index (χ4n) is 2.37. The second kappa shape index (κ2) is 7.37. The highest BCUT2D eigenvalue weighted by Gasteiger charge is 2.25. The molecule has 0 spiro atoms. The van der Waals surface area contributed by atoms with Crippen molar-refractivity contribution in [2.24, 2.45) is 11.0 Å². The molecule has 1 aromatic carbocycles. The van der Waals surface area contributed by atoms with E-state index in [1.165, 1.54) is 6.08 Å². The maximum absolute atomic E-state index is 14.8. The van der Waals surface area contributed by atoms with Gasteiger partial charge in [-0.15, -0.1) is 0 Å². The van der Waals surface area contributed by atoms with Gasteiger partial charge in [0, 0.05) is 17.9 Å². The minimum absolute atomic E-state index is 0.0868. The molecule has 0 saturated heterocycles. The quantitative estimate of drug-likeness (QED) is 0.846. The topological polar surface area (TPSA) is 70.9 Å². The second-order valence-electron chi connectivity index (χ2n) is 5.55. The lowest BCUT2D eigenvalue weighted by Gasteiger charge is -2.21. The van der Waals surface area contributed by atoms with E-state index in [1.807, 2.05) is 13.8 Å². The molecule has 1 aliphatic rings. The number of carbonyl (C=O) groups excluding carboxylic acids is 1. The largest absolute Gasteiger partial charge is 0.490 e. The van der Waals surface area contributed by atoms with E-state index < -0.39 is 11.9 Å². The third-order valence-electron chi connectivity index (χ3n) is 3.78. The summed E-state index contributed by atoms with van der Waals surface area (Å²) in [6.45, 7) is 7.37. The first-order valence-electron chi connectivity index (χ1n) is 7.60. The Balaban J connectivity index is 2.33. The number of aliphatic hydroxyl groups is 1. The Hall–Kier alpha value is -2.21. The van der Waals surface area contributed by atoms with Gasteiger partial charge in [0.1, 0.15) is 18.2 Å². The number of benzene rings is 1. The summed E-state index contributed by atoms with van der Waals surface area (Å²) in [5, 5.41) is 13.5. The molecule has 1 heterocycles. The molecule has 23 heavy (non-hydrogen) atoms. The summed E-state index contributed by atoms with van der Waals surface area (Å²) in [4.78, 5) is 11.3. The van der Waals surface area contributed by atoms with E-state index in [4.69, 9.17) is 4.74 Å². The third-order valence-corrected chi connectivity index (χ3v) is 3.78. The highest BCUT2D eigenvalue weighted by Crippen LogP contribution is 2.28. The number of amides is 1. The van der Waals surface area contributed by atoms with E-state index >= 15 is 0 Å². The number of aliphatic hydroxyl groups excluding tert-OH is 1. The molecule has 0 radical (unpaired) electrons. The Labute approximate surface area is 134 Å². The summed E-state index contributed by atoms with van der Waals surface area (Å²) in [5.41, 5.74) is 3.41. The molecule has 1 aliphatic heterocycles. The van der Waals surface area contributed by atoms with Gasteiger partial charge in [-0.3, -0.25) is 4.79 Å². The molecule has 0 aliphatic carbocycles. The van der Waals surface area contributed by atoms with Crippen molar-refractivity contribution in [2.45, 2.75) is 32.8 Å². The molecule has 124 valence electrons. The maximum Gasteiger partial charge on any atom is 0.240 e. The normalized spacial score (nSPS) is 18.9. The Morgan fingerprint density at radius 1 is 1.61 bits per heavy atom. The third kappa shape index (κ3) is 3.76. The van der Waals surface area contributed by atoms with Gasteiger partial charge in [0.15, 0.2) is 0 Å². The lowest BCUT2D eigenvalue weighted by molar-refractivity contribution is -0.121. The molecule has 2 atom stereocenters. The standard InChI is InChI=1S/C17H21FN2O3/c1-4-11(21)9-23-14-7-6-13(16(18)12(14)5-2)17-10(3)8-15(22)19-20-17/h5-7,10-11,21H,2,4,8-9H2,1,3H3,(H,19,22). The van der Waals surface area contributed by atoms with Crippen LogP contribution in [0, 0.1) is 11.7 Å². The highest BCUT2D eigenvalue weighted by atomic mass is 19.1. The smallest absolute Gasteiger partial charge is 0.240 e. The molecule has 0 fully saturated rings. The number of ether oxygens (including phenoxy) is 1. The van der Waals surface area contributed by atoms with Gasteiger partial charge in [-0.05, 0) is 18.6 Å². The molecule has 0 bridgehead atoms. The zero-order valence-electron chi connectivity index (χ0n) is 13.3. The van der Waals surface area contributed by atoms with Crippen LogP contribution in [0.25, 0.3) is 6.08 Å². The summed E-state index contributed by atoms with van der Waals surface area (Å²) in [7, 11) is 0. The number of nitrogens with zero attached hydrogens (tertiary/aromatic N) is 1. The molecule has 2 rings (SSSR count). The lowest BCUT2D eigenvalue weighted by atomic mass is 9.92. The van der Waals surface area contributed by atoms with Gasteiger partial charge in [-0.1, -0.05) is 26.5 Å². The number of carbonyl (C=O) groups is 1. The van der Waals surface area contributed by atoms with Crippen LogP contribution in [-0.4, -0.2) is 29.4 Å². The Kier molecular flexibility index (Phi) is 5.50. The van der Waals surface area contributed by atoms with Crippen LogP contribution >= 0.6 is 0 Å². The van der Waals surface area contributed by atoms with Crippen LogP contribution in [0.15, 0.2) is 23.8 Å². The molecule has 0 aromatic heterocycles. The van der Waals surface area contributed by atoms with Crippen LogP contribution < -0.4 is 10.2 Å². The summed E-state index contributed by atoms with van der Waals surface area (Å²) < 4.78 is 20.3. The first kappa shape index (κ1) is 17.1. The summed E-state index contributed by atoms with van der Waals surface area (Å²) >= 11 is 0. The van der Waals surface area contributed by atoms with Crippen molar-refractivity contribution < 1.29 is 19.0 Å². The van der Waals surface area contributed by atoms with Gasteiger partial charge in [-0.2, -0.15) is 5.10 Å². The molecular weight excluding hydrogens is 299 g/mol. The predicted octanol–water partition coefficient (Wildman–Crippen LogP) is 2.48. The molecule has 2 N–H and O–H groups in total. The van der Waals surface area contributed by atoms with Crippen LogP contribution in [0.1, 0.15) is 37.8 Å². The van der Waals surface area contributed by atoms with Gasteiger partial charge >= 0.3 is 0 Å². The highest BCUT2D eigenvalue weighted by molar-refractivity contribution is 6.06. The zero-order chi connectivity index (χ0) is 17.0. The van der Waals surface area contributed by atoms with Gasteiger partial charge < -0.3 is 9.84 Å². The van der Waals surface area contributed by atoms with Crippen molar-refractivity contribution in [1.29, 1.82) is 0 Å². The van der Waals surface area contributed by atoms with E-state index in [0.29, 0.717) is 23.4 Å². The summed E-state index contributed by atoms with van der Waals surface area (Å²) in [5.74, 6) is -0.532. The first-order chi connectivity index (χ1) is 11.0. The van der Waals surface area contributed by atoms with Crippen LogP contribution in [0.5, 0.6) is 5.75 Å². The average molecular weight is 320 g/mol. The van der Waals surface area contributed by atoms with Crippen molar-refractivity contribution in [3.8, 4) is 5.75 Å². The van der Waals surface area contributed by atoms with E-state index in [9.17, 15) is 14.3 Å². The Morgan fingerprint density at radius 3 is 2.96 bits per heavy atom. The predicted molar refractivity (Wildman–Crippen MR) is 86.7 cm³/mol. The monoisotopic (exact) mass is 320 g/mol. The van der Waals surface area contributed by atoms with Crippen LogP contribution in [0.3, 0.4) is 0 Å². The number of hydrazone groups is 1. The van der Waals surface area contributed by atoms with Gasteiger partial charge in [-0.25, -0.2) is 9.82 Å². The summed E-state index contributed by atoms with van der Waals surface area (Å²) in [6.07, 6.45) is 1.59. The van der Waals surface area contributed by atoms with Crippen molar-refractivity contribution >= 4 is 17.7 Å². The van der Waals surface area contributed by atoms with E-state index in [1.54, 1.807) is 12.1 Å². The lowest BCUT2D eigenvalue weighted by Crippen LogP contribution is -2.32. The maximum atomic E-state index is 14.8. The molecule has 1 aromatic rings. The second-order valence-corrected chi connectivity index (χ2v) is 5.55. The van der Waals surface area contributed by atoms with Gasteiger partial charge in [0.25, 0.3) is 0 Å². The molecule has 1 amide bonds. The van der Waals surface area contributed by atoms with E-state index in [2.05, 4.69) is 17.1 Å². The molecule has 5 nitrogen and oxygen atoms in total.